The Morgan fingerprint density at radius 2 is 1.87 bits per heavy atom. The van der Waals surface area contributed by atoms with Gasteiger partial charge in [-0.3, -0.25) is 0 Å². The first-order chi connectivity index (χ1) is 6.82. The second-order valence-corrected chi connectivity index (χ2v) is 3.24. The average Bonchev–Trinajstić information content (AvgIpc) is 2.09. The molecule has 0 aromatic heterocycles. The quantitative estimate of drug-likeness (QED) is 0.443. The van der Waals surface area contributed by atoms with Gasteiger partial charge in [0.05, 0.1) is 11.9 Å². The topological polar surface area (TPSA) is 38.4 Å². The van der Waals surface area contributed by atoms with Gasteiger partial charge in [-0.15, -0.1) is 0 Å². The highest BCUT2D eigenvalue weighted by molar-refractivity contribution is 5.54. The van der Waals surface area contributed by atoms with Crippen molar-refractivity contribution in [3.05, 3.63) is 23.4 Å². The third-order valence-electron chi connectivity index (χ3n) is 1.76. The minimum atomic E-state index is -4.35. The van der Waals surface area contributed by atoms with Crippen LogP contribution in [-0.2, 0) is 0 Å². The standard InChI is InChI=1S/C10H15F3N2/c1-4-8(10(11,12)13)5-9(7(2)3)15-6-14/h4-7H,1-3H3,(H2,14,15)/b8-4+,9-5-. The largest absolute Gasteiger partial charge is 0.416 e. The fraction of sp³-hybridized carbons (Fsp3) is 0.500. The van der Waals surface area contributed by atoms with Crippen LogP contribution < -0.4 is 5.73 Å². The van der Waals surface area contributed by atoms with Crippen molar-refractivity contribution < 1.29 is 13.2 Å². The Labute approximate surface area is 87.4 Å². The number of alkyl halides is 3. The van der Waals surface area contributed by atoms with Crippen LogP contribution in [0.1, 0.15) is 20.8 Å². The molecule has 0 saturated heterocycles. The van der Waals surface area contributed by atoms with Crippen molar-refractivity contribution in [2.45, 2.75) is 26.9 Å². The first-order valence-corrected chi connectivity index (χ1v) is 4.52. The summed E-state index contributed by atoms with van der Waals surface area (Å²) in [6.45, 7) is 4.84. The number of nitrogens with two attached hydrogens (primary N) is 1. The predicted octanol–water partition coefficient (Wildman–Crippen LogP) is 3.02. The molecule has 0 amide bonds. The highest BCUT2D eigenvalue weighted by Gasteiger charge is 2.31. The van der Waals surface area contributed by atoms with E-state index in [1.54, 1.807) is 13.8 Å². The molecule has 0 aliphatic rings. The van der Waals surface area contributed by atoms with E-state index < -0.39 is 11.7 Å². The normalized spacial score (nSPS) is 15.4. The van der Waals surface area contributed by atoms with Gasteiger partial charge >= 0.3 is 6.18 Å². The van der Waals surface area contributed by atoms with Crippen molar-refractivity contribution in [2.24, 2.45) is 16.6 Å². The van der Waals surface area contributed by atoms with Crippen LogP contribution in [0.2, 0.25) is 0 Å². The lowest BCUT2D eigenvalue weighted by atomic mass is 10.1. The van der Waals surface area contributed by atoms with Crippen LogP contribution >= 0.6 is 0 Å². The van der Waals surface area contributed by atoms with Gasteiger partial charge in [-0.1, -0.05) is 19.9 Å². The van der Waals surface area contributed by atoms with Crippen LogP contribution in [0.25, 0.3) is 0 Å². The molecule has 5 heteroatoms. The van der Waals surface area contributed by atoms with Crippen molar-refractivity contribution in [1.82, 2.24) is 0 Å². The zero-order valence-corrected chi connectivity index (χ0v) is 8.97. The van der Waals surface area contributed by atoms with Gasteiger partial charge in [0.2, 0.25) is 0 Å². The molecule has 0 aliphatic heterocycles. The lowest BCUT2D eigenvalue weighted by Gasteiger charge is -2.10. The van der Waals surface area contributed by atoms with Crippen molar-refractivity contribution in [1.29, 1.82) is 0 Å². The van der Waals surface area contributed by atoms with E-state index in [0.29, 0.717) is 5.70 Å². The van der Waals surface area contributed by atoms with Crippen LogP contribution in [0.3, 0.4) is 0 Å². The van der Waals surface area contributed by atoms with Gasteiger partial charge in [0.1, 0.15) is 0 Å². The fourth-order valence-electron chi connectivity index (χ4n) is 0.927. The van der Waals surface area contributed by atoms with Gasteiger partial charge in [0, 0.05) is 5.70 Å². The molecule has 0 rings (SSSR count). The number of nitrogens with zero attached hydrogens (tertiary/aromatic N) is 1. The Kier molecular flexibility index (Phi) is 5.11. The first kappa shape index (κ1) is 13.7. The number of aliphatic imine (C=N–C) groups is 1. The van der Waals surface area contributed by atoms with Crippen LogP contribution in [0, 0.1) is 5.92 Å². The van der Waals surface area contributed by atoms with E-state index in [0.717, 1.165) is 18.5 Å². The van der Waals surface area contributed by atoms with Crippen LogP contribution in [-0.4, -0.2) is 12.5 Å². The van der Waals surface area contributed by atoms with Gasteiger partial charge in [0.25, 0.3) is 0 Å². The van der Waals surface area contributed by atoms with Gasteiger partial charge in [0.15, 0.2) is 0 Å². The summed E-state index contributed by atoms with van der Waals surface area (Å²) in [5, 5.41) is 0. The van der Waals surface area contributed by atoms with E-state index in [1.165, 1.54) is 6.92 Å². The predicted molar refractivity (Wildman–Crippen MR) is 55.4 cm³/mol. The van der Waals surface area contributed by atoms with Crippen LogP contribution in [0.5, 0.6) is 0 Å². The highest BCUT2D eigenvalue weighted by Crippen LogP contribution is 2.28. The summed E-state index contributed by atoms with van der Waals surface area (Å²) in [6.07, 6.45) is -1.34. The maximum absolute atomic E-state index is 12.4. The molecule has 0 radical (unpaired) electrons. The monoisotopic (exact) mass is 220 g/mol. The Morgan fingerprint density at radius 3 is 2.13 bits per heavy atom. The summed E-state index contributed by atoms with van der Waals surface area (Å²) in [4.78, 5) is 3.70. The molecule has 86 valence electrons. The molecule has 0 unspecified atom stereocenters. The summed E-state index contributed by atoms with van der Waals surface area (Å²) in [7, 11) is 0. The molecule has 0 bridgehead atoms. The lowest BCUT2D eigenvalue weighted by molar-refractivity contribution is -0.0884. The summed E-state index contributed by atoms with van der Waals surface area (Å²) in [5.74, 6) is -0.109. The van der Waals surface area contributed by atoms with Crippen LogP contribution in [0.4, 0.5) is 13.2 Å². The summed E-state index contributed by atoms with van der Waals surface area (Å²) in [6, 6.07) is 0. The molecule has 0 aromatic carbocycles. The molecule has 0 spiro atoms. The molecular weight excluding hydrogens is 205 g/mol. The summed E-state index contributed by atoms with van der Waals surface area (Å²) < 4.78 is 37.2. The second-order valence-electron chi connectivity index (χ2n) is 3.24. The molecule has 0 heterocycles. The number of hydrogen-bond acceptors (Lipinski definition) is 1. The van der Waals surface area contributed by atoms with Crippen molar-refractivity contribution in [2.75, 3.05) is 0 Å². The minimum Gasteiger partial charge on any atom is -0.390 e. The van der Waals surface area contributed by atoms with E-state index in [4.69, 9.17) is 5.73 Å². The number of hydrogen-bond donors (Lipinski definition) is 1. The van der Waals surface area contributed by atoms with Crippen LogP contribution in [0.15, 0.2) is 28.4 Å². The number of rotatable bonds is 3. The highest BCUT2D eigenvalue weighted by atomic mass is 19.4. The zero-order chi connectivity index (χ0) is 12.1. The molecule has 0 saturated carbocycles. The van der Waals surface area contributed by atoms with E-state index in [9.17, 15) is 13.2 Å². The second kappa shape index (κ2) is 5.58. The molecular formula is C10H15F3N2. The van der Waals surface area contributed by atoms with E-state index in [-0.39, 0.29) is 5.92 Å². The maximum atomic E-state index is 12.4. The SMILES string of the molecule is C/C=C(\C=C(/N=CN)C(C)C)C(F)(F)F. The third kappa shape index (κ3) is 4.67. The lowest BCUT2D eigenvalue weighted by Crippen LogP contribution is -2.11. The minimum absolute atomic E-state index is 0.109. The molecule has 2 nitrogen and oxygen atoms in total. The number of allylic oxidation sites excluding steroid dienone is 4. The Balaban J connectivity index is 5.13. The van der Waals surface area contributed by atoms with Crippen molar-refractivity contribution >= 4 is 6.34 Å². The smallest absolute Gasteiger partial charge is 0.390 e. The van der Waals surface area contributed by atoms with Gasteiger partial charge in [-0.2, -0.15) is 13.2 Å². The van der Waals surface area contributed by atoms with Gasteiger partial charge in [-0.25, -0.2) is 4.99 Å². The Morgan fingerprint density at radius 1 is 1.33 bits per heavy atom. The molecule has 2 N–H and O–H groups in total. The zero-order valence-electron chi connectivity index (χ0n) is 8.97. The molecule has 0 atom stereocenters. The molecule has 0 aliphatic carbocycles. The summed E-state index contributed by atoms with van der Waals surface area (Å²) >= 11 is 0. The summed E-state index contributed by atoms with van der Waals surface area (Å²) in [5.41, 5.74) is 4.66. The molecule has 0 aromatic rings. The molecule has 0 fully saturated rings. The average molecular weight is 220 g/mol. The first-order valence-electron chi connectivity index (χ1n) is 4.52. The van der Waals surface area contributed by atoms with Crippen molar-refractivity contribution in [3.63, 3.8) is 0 Å². The van der Waals surface area contributed by atoms with Crippen molar-refractivity contribution in [3.8, 4) is 0 Å². The van der Waals surface area contributed by atoms with E-state index in [1.807, 2.05) is 0 Å². The molecule has 15 heavy (non-hydrogen) atoms. The number of halogens is 3. The maximum Gasteiger partial charge on any atom is 0.416 e. The fourth-order valence-corrected chi connectivity index (χ4v) is 0.927. The Hall–Kier alpha value is -1.26. The third-order valence-corrected chi connectivity index (χ3v) is 1.76. The van der Waals surface area contributed by atoms with E-state index in [2.05, 4.69) is 4.99 Å². The van der Waals surface area contributed by atoms with E-state index >= 15 is 0 Å². The van der Waals surface area contributed by atoms with Gasteiger partial charge < -0.3 is 5.73 Å². The Bertz CT molecular complexity index is 286. The van der Waals surface area contributed by atoms with Gasteiger partial charge in [-0.05, 0) is 18.9 Å².